The Hall–Kier alpha value is -2.44. The van der Waals surface area contributed by atoms with E-state index in [1.807, 2.05) is 46.9 Å². The molecule has 0 bridgehead atoms. The zero-order valence-corrected chi connectivity index (χ0v) is 16.1. The SMILES string of the molecule is Cc1c(-n2nnc3ccccc32)cc(CN2CCSCC2)c2cccnc12. The Balaban J connectivity index is 1.69. The van der Waals surface area contributed by atoms with Gasteiger partial charge < -0.3 is 0 Å². The van der Waals surface area contributed by atoms with Gasteiger partial charge >= 0.3 is 0 Å². The first-order valence-electron chi connectivity index (χ1n) is 9.29. The van der Waals surface area contributed by atoms with E-state index in [1.54, 1.807) is 0 Å². The molecule has 5 rings (SSSR count). The van der Waals surface area contributed by atoms with E-state index in [4.69, 9.17) is 4.98 Å². The van der Waals surface area contributed by atoms with E-state index in [9.17, 15) is 0 Å². The summed E-state index contributed by atoms with van der Waals surface area (Å²) < 4.78 is 1.95. The van der Waals surface area contributed by atoms with Gasteiger partial charge in [0.1, 0.15) is 5.52 Å². The normalized spacial score (nSPS) is 15.6. The van der Waals surface area contributed by atoms with Gasteiger partial charge in [-0.25, -0.2) is 4.68 Å². The molecule has 5 nitrogen and oxygen atoms in total. The number of aromatic nitrogens is 4. The molecular formula is C21H21N5S. The maximum atomic E-state index is 4.70. The third-order valence-corrected chi connectivity index (χ3v) is 6.22. The summed E-state index contributed by atoms with van der Waals surface area (Å²) in [5, 5.41) is 10.0. The molecule has 0 atom stereocenters. The van der Waals surface area contributed by atoms with Crippen LogP contribution in [0.2, 0.25) is 0 Å². The lowest BCUT2D eigenvalue weighted by atomic mass is 10.0. The van der Waals surface area contributed by atoms with E-state index < -0.39 is 0 Å². The van der Waals surface area contributed by atoms with Crippen molar-refractivity contribution in [1.82, 2.24) is 24.9 Å². The molecule has 0 unspecified atom stereocenters. The molecule has 0 aliphatic carbocycles. The summed E-state index contributed by atoms with van der Waals surface area (Å²) in [4.78, 5) is 7.24. The molecule has 0 saturated carbocycles. The maximum absolute atomic E-state index is 4.70. The number of thioether (sulfide) groups is 1. The van der Waals surface area contributed by atoms with Crippen LogP contribution in [0.3, 0.4) is 0 Å². The van der Waals surface area contributed by atoms with Crippen molar-refractivity contribution in [2.45, 2.75) is 13.5 Å². The molecule has 1 aliphatic rings. The molecule has 0 amide bonds. The standard InChI is InChI=1S/C21H21N5S/c1-15-20(26-19-7-3-2-6-18(19)23-24-26)13-16(14-25-9-11-27-12-10-25)17-5-4-8-22-21(15)17/h2-8,13H,9-12,14H2,1H3. The van der Waals surface area contributed by atoms with Crippen molar-refractivity contribution in [3.05, 3.63) is 59.8 Å². The Morgan fingerprint density at radius 3 is 2.81 bits per heavy atom. The molecule has 1 saturated heterocycles. The van der Waals surface area contributed by atoms with Crippen molar-refractivity contribution in [2.24, 2.45) is 0 Å². The minimum absolute atomic E-state index is 0.910. The molecule has 6 heteroatoms. The number of nitrogens with zero attached hydrogens (tertiary/aromatic N) is 5. The third-order valence-electron chi connectivity index (χ3n) is 5.28. The fourth-order valence-electron chi connectivity index (χ4n) is 3.83. The zero-order chi connectivity index (χ0) is 18.2. The van der Waals surface area contributed by atoms with Gasteiger partial charge in [-0.05, 0) is 36.8 Å². The van der Waals surface area contributed by atoms with Gasteiger partial charge in [-0.15, -0.1) is 5.10 Å². The average molecular weight is 376 g/mol. The fraction of sp³-hybridized carbons (Fsp3) is 0.286. The smallest absolute Gasteiger partial charge is 0.113 e. The second kappa shape index (κ2) is 6.94. The van der Waals surface area contributed by atoms with Crippen LogP contribution in [0.5, 0.6) is 0 Å². The first-order valence-corrected chi connectivity index (χ1v) is 10.4. The van der Waals surface area contributed by atoms with Gasteiger partial charge in [0.2, 0.25) is 0 Å². The van der Waals surface area contributed by atoms with Crippen LogP contribution < -0.4 is 0 Å². The molecule has 0 radical (unpaired) electrons. The van der Waals surface area contributed by atoms with E-state index in [0.29, 0.717) is 0 Å². The Labute approximate surface area is 162 Å². The molecule has 2 aromatic heterocycles. The highest BCUT2D eigenvalue weighted by atomic mass is 32.2. The van der Waals surface area contributed by atoms with Gasteiger partial charge in [0.25, 0.3) is 0 Å². The second-order valence-electron chi connectivity index (χ2n) is 6.96. The summed E-state index contributed by atoms with van der Waals surface area (Å²) in [7, 11) is 0. The van der Waals surface area contributed by atoms with Crippen molar-refractivity contribution >= 4 is 33.7 Å². The lowest BCUT2D eigenvalue weighted by Crippen LogP contribution is -2.32. The van der Waals surface area contributed by atoms with Crippen LogP contribution in [-0.4, -0.2) is 49.5 Å². The Kier molecular flexibility index (Phi) is 4.30. The van der Waals surface area contributed by atoms with Crippen molar-refractivity contribution in [1.29, 1.82) is 0 Å². The zero-order valence-electron chi connectivity index (χ0n) is 15.3. The highest BCUT2D eigenvalue weighted by molar-refractivity contribution is 7.99. The predicted octanol–water partition coefficient (Wildman–Crippen LogP) is 3.83. The monoisotopic (exact) mass is 375 g/mol. The first kappa shape index (κ1) is 16.7. The maximum Gasteiger partial charge on any atom is 0.113 e. The third kappa shape index (κ3) is 2.99. The van der Waals surface area contributed by atoms with Crippen molar-refractivity contribution in [2.75, 3.05) is 24.6 Å². The van der Waals surface area contributed by atoms with E-state index in [-0.39, 0.29) is 0 Å². The summed E-state index contributed by atoms with van der Waals surface area (Å²) in [6.07, 6.45) is 1.87. The van der Waals surface area contributed by atoms with Crippen LogP contribution in [0, 0.1) is 6.92 Å². The number of benzene rings is 2. The largest absolute Gasteiger partial charge is 0.297 e. The molecule has 3 heterocycles. The summed E-state index contributed by atoms with van der Waals surface area (Å²) in [6, 6.07) is 14.6. The van der Waals surface area contributed by atoms with E-state index in [1.165, 1.54) is 22.5 Å². The van der Waals surface area contributed by atoms with Gasteiger partial charge in [-0.3, -0.25) is 9.88 Å². The Morgan fingerprint density at radius 1 is 1.07 bits per heavy atom. The topological polar surface area (TPSA) is 46.8 Å². The lowest BCUT2D eigenvalue weighted by Gasteiger charge is -2.27. The molecule has 27 heavy (non-hydrogen) atoms. The molecular weight excluding hydrogens is 354 g/mol. The minimum atomic E-state index is 0.910. The highest BCUT2D eigenvalue weighted by Gasteiger charge is 2.17. The summed E-state index contributed by atoms with van der Waals surface area (Å²) in [5.41, 5.74) is 6.50. The van der Waals surface area contributed by atoms with Gasteiger partial charge in [-0.2, -0.15) is 11.8 Å². The molecule has 1 aliphatic heterocycles. The summed E-state index contributed by atoms with van der Waals surface area (Å²) >= 11 is 2.04. The van der Waals surface area contributed by atoms with Gasteiger partial charge in [0.05, 0.1) is 16.7 Å². The number of rotatable bonds is 3. The molecule has 1 fully saturated rings. The number of fused-ring (bicyclic) bond motifs is 2. The molecule has 136 valence electrons. The number of para-hydroxylation sites is 1. The predicted molar refractivity (Wildman–Crippen MR) is 112 cm³/mol. The van der Waals surface area contributed by atoms with Crippen molar-refractivity contribution in [3.8, 4) is 5.69 Å². The molecule has 0 N–H and O–H groups in total. The first-order chi connectivity index (χ1) is 13.3. The average Bonchev–Trinajstić information content (AvgIpc) is 3.15. The van der Waals surface area contributed by atoms with E-state index in [2.05, 4.69) is 40.3 Å². The highest BCUT2D eigenvalue weighted by Crippen LogP contribution is 2.29. The van der Waals surface area contributed by atoms with Crippen LogP contribution in [-0.2, 0) is 6.54 Å². The van der Waals surface area contributed by atoms with E-state index in [0.717, 1.165) is 47.4 Å². The fourth-order valence-corrected chi connectivity index (χ4v) is 4.81. The lowest BCUT2D eigenvalue weighted by molar-refractivity contribution is 0.295. The number of aryl methyl sites for hydroxylation is 1. The van der Waals surface area contributed by atoms with Gasteiger partial charge in [-0.1, -0.05) is 23.4 Å². The van der Waals surface area contributed by atoms with Crippen LogP contribution >= 0.6 is 11.8 Å². The van der Waals surface area contributed by atoms with Crippen LogP contribution in [0.1, 0.15) is 11.1 Å². The number of hydrogen-bond donors (Lipinski definition) is 0. The summed E-state index contributed by atoms with van der Waals surface area (Å²) in [6.45, 7) is 5.36. The second-order valence-corrected chi connectivity index (χ2v) is 8.18. The molecule has 2 aromatic carbocycles. The van der Waals surface area contributed by atoms with Gasteiger partial charge in [0.15, 0.2) is 0 Å². The van der Waals surface area contributed by atoms with Crippen molar-refractivity contribution < 1.29 is 0 Å². The van der Waals surface area contributed by atoms with Crippen LogP contribution in [0.4, 0.5) is 0 Å². The summed E-state index contributed by atoms with van der Waals surface area (Å²) in [5.74, 6) is 2.42. The van der Waals surface area contributed by atoms with E-state index >= 15 is 0 Å². The van der Waals surface area contributed by atoms with Crippen LogP contribution in [0.15, 0.2) is 48.7 Å². The molecule has 0 spiro atoms. The number of hydrogen-bond acceptors (Lipinski definition) is 5. The molecule has 4 aromatic rings. The minimum Gasteiger partial charge on any atom is -0.297 e. The van der Waals surface area contributed by atoms with Gasteiger partial charge in [0, 0.05) is 48.3 Å². The Bertz CT molecular complexity index is 1110. The number of pyridine rings is 1. The Morgan fingerprint density at radius 2 is 1.93 bits per heavy atom. The quantitative estimate of drug-likeness (QED) is 0.545. The van der Waals surface area contributed by atoms with Crippen molar-refractivity contribution in [3.63, 3.8) is 0 Å². The van der Waals surface area contributed by atoms with Crippen LogP contribution in [0.25, 0.3) is 27.6 Å².